The van der Waals surface area contributed by atoms with E-state index in [-0.39, 0.29) is 12.6 Å². The standard InChI is InChI=1S/C8H16O3Si/c1-5-6-10-7-8(9)11-12(2,3)4/h5-6H,7H2,1-4H3. The predicted octanol–water partition coefficient (Wildman–Crippen LogP) is 1.91. The number of hydrogen-bond donors (Lipinski definition) is 0. The zero-order valence-corrected chi connectivity index (χ0v) is 9.09. The average Bonchev–Trinajstić information content (AvgIpc) is 1.84. The van der Waals surface area contributed by atoms with Crippen LogP contribution in [0.15, 0.2) is 12.3 Å². The summed E-state index contributed by atoms with van der Waals surface area (Å²) in [5.41, 5.74) is 0. The Morgan fingerprint density at radius 2 is 2.00 bits per heavy atom. The molecule has 3 nitrogen and oxygen atoms in total. The van der Waals surface area contributed by atoms with Crippen LogP contribution in [-0.2, 0) is 14.0 Å². The predicted molar refractivity (Wildman–Crippen MR) is 50.2 cm³/mol. The van der Waals surface area contributed by atoms with Gasteiger partial charge in [0.1, 0.15) is 0 Å². The van der Waals surface area contributed by atoms with Crippen LogP contribution in [0.4, 0.5) is 0 Å². The van der Waals surface area contributed by atoms with Crippen LogP contribution in [0.3, 0.4) is 0 Å². The van der Waals surface area contributed by atoms with Crippen LogP contribution in [-0.4, -0.2) is 20.9 Å². The Kier molecular flexibility index (Phi) is 4.66. The quantitative estimate of drug-likeness (QED) is 0.499. The molecule has 0 aromatic heterocycles. The van der Waals surface area contributed by atoms with Crippen LogP contribution in [0.2, 0.25) is 19.6 Å². The fourth-order valence-corrected chi connectivity index (χ4v) is 1.33. The van der Waals surface area contributed by atoms with Gasteiger partial charge in [-0.15, -0.1) is 0 Å². The molecule has 0 bridgehead atoms. The van der Waals surface area contributed by atoms with Crippen LogP contribution in [0.5, 0.6) is 0 Å². The Hall–Kier alpha value is -0.773. The van der Waals surface area contributed by atoms with Crippen molar-refractivity contribution in [3.8, 4) is 0 Å². The minimum atomic E-state index is -1.73. The van der Waals surface area contributed by atoms with Crippen LogP contribution in [0, 0.1) is 0 Å². The van der Waals surface area contributed by atoms with Crippen molar-refractivity contribution in [3.05, 3.63) is 12.3 Å². The molecule has 12 heavy (non-hydrogen) atoms. The zero-order valence-electron chi connectivity index (χ0n) is 8.09. The van der Waals surface area contributed by atoms with E-state index in [0.29, 0.717) is 0 Å². The highest BCUT2D eigenvalue weighted by molar-refractivity contribution is 6.71. The highest BCUT2D eigenvalue weighted by atomic mass is 28.4. The molecular formula is C8H16O3Si. The van der Waals surface area contributed by atoms with Gasteiger partial charge in [0.25, 0.3) is 0 Å². The number of hydrogen-bond acceptors (Lipinski definition) is 3. The van der Waals surface area contributed by atoms with Gasteiger partial charge in [-0.25, -0.2) is 4.79 Å². The Morgan fingerprint density at radius 1 is 1.42 bits per heavy atom. The van der Waals surface area contributed by atoms with E-state index in [1.807, 2.05) is 26.6 Å². The monoisotopic (exact) mass is 188 g/mol. The molecule has 0 aromatic carbocycles. The molecule has 0 saturated carbocycles. The lowest BCUT2D eigenvalue weighted by molar-refractivity contribution is -0.138. The number of carbonyl (C=O) groups excluding carboxylic acids is 1. The van der Waals surface area contributed by atoms with Gasteiger partial charge in [0, 0.05) is 0 Å². The molecule has 0 unspecified atom stereocenters. The Labute approximate surface area is 74.5 Å². The maximum absolute atomic E-state index is 11.0. The molecule has 0 saturated heterocycles. The second-order valence-electron chi connectivity index (χ2n) is 3.37. The normalized spacial score (nSPS) is 11.7. The van der Waals surface area contributed by atoms with E-state index in [1.165, 1.54) is 6.26 Å². The molecule has 4 heteroatoms. The Balaban J connectivity index is 3.61. The lowest BCUT2D eigenvalue weighted by Gasteiger charge is -2.16. The third-order valence-electron chi connectivity index (χ3n) is 0.854. The fourth-order valence-electron chi connectivity index (χ4n) is 0.583. The summed E-state index contributed by atoms with van der Waals surface area (Å²) in [5, 5.41) is 0. The van der Waals surface area contributed by atoms with Crippen molar-refractivity contribution in [3.63, 3.8) is 0 Å². The van der Waals surface area contributed by atoms with E-state index in [9.17, 15) is 4.79 Å². The third-order valence-corrected chi connectivity index (χ3v) is 1.69. The molecule has 0 N–H and O–H groups in total. The maximum atomic E-state index is 11.0. The summed E-state index contributed by atoms with van der Waals surface area (Å²) in [5.74, 6) is -0.285. The minimum Gasteiger partial charge on any atom is -0.517 e. The summed E-state index contributed by atoms with van der Waals surface area (Å²) >= 11 is 0. The zero-order chi connectivity index (χ0) is 9.61. The summed E-state index contributed by atoms with van der Waals surface area (Å²) in [6, 6.07) is 0. The van der Waals surface area contributed by atoms with Crippen molar-refractivity contribution in [2.75, 3.05) is 6.61 Å². The summed E-state index contributed by atoms with van der Waals surface area (Å²) in [6.45, 7) is 7.71. The second kappa shape index (κ2) is 4.98. The summed E-state index contributed by atoms with van der Waals surface area (Å²) in [4.78, 5) is 11.0. The summed E-state index contributed by atoms with van der Waals surface area (Å²) in [7, 11) is -1.73. The number of carbonyl (C=O) groups is 1. The van der Waals surface area contributed by atoms with E-state index in [2.05, 4.69) is 0 Å². The number of ether oxygens (including phenoxy) is 1. The lowest BCUT2D eigenvalue weighted by atomic mass is 10.7. The van der Waals surface area contributed by atoms with Gasteiger partial charge < -0.3 is 9.16 Å². The molecule has 0 rings (SSSR count). The first-order valence-electron chi connectivity index (χ1n) is 3.90. The van der Waals surface area contributed by atoms with E-state index in [0.717, 1.165) is 0 Å². The van der Waals surface area contributed by atoms with Gasteiger partial charge in [-0.05, 0) is 26.6 Å². The van der Waals surface area contributed by atoms with Crippen molar-refractivity contribution in [1.82, 2.24) is 0 Å². The molecular weight excluding hydrogens is 172 g/mol. The number of allylic oxidation sites excluding steroid dienone is 1. The van der Waals surface area contributed by atoms with Gasteiger partial charge in [-0.2, -0.15) is 0 Å². The molecule has 70 valence electrons. The summed E-state index contributed by atoms with van der Waals surface area (Å²) in [6.07, 6.45) is 3.20. The van der Waals surface area contributed by atoms with Gasteiger partial charge in [0.05, 0.1) is 6.26 Å². The number of rotatable bonds is 4. The third kappa shape index (κ3) is 7.34. The van der Waals surface area contributed by atoms with E-state index in [1.54, 1.807) is 6.08 Å². The largest absolute Gasteiger partial charge is 0.517 e. The van der Waals surface area contributed by atoms with Crippen LogP contribution < -0.4 is 0 Å². The molecule has 0 aromatic rings. The van der Waals surface area contributed by atoms with Crippen molar-refractivity contribution >= 4 is 14.3 Å². The molecule has 0 atom stereocenters. The van der Waals surface area contributed by atoms with Crippen LogP contribution >= 0.6 is 0 Å². The van der Waals surface area contributed by atoms with Crippen molar-refractivity contribution < 1.29 is 14.0 Å². The molecule has 0 aliphatic rings. The fraction of sp³-hybridized carbons (Fsp3) is 0.625. The highest BCUT2D eigenvalue weighted by Gasteiger charge is 2.19. The Bertz CT molecular complexity index is 170. The van der Waals surface area contributed by atoms with Gasteiger partial charge in [-0.3, -0.25) is 0 Å². The van der Waals surface area contributed by atoms with Crippen molar-refractivity contribution in [2.24, 2.45) is 0 Å². The topological polar surface area (TPSA) is 35.5 Å². The van der Waals surface area contributed by atoms with E-state index < -0.39 is 8.32 Å². The van der Waals surface area contributed by atoms with Gasteiger partial charge in [0.2, 0.25) is 8.32 Å². The van der Waals surface area contributed by atoms with E-state index in [4.69, 9.17) is 9.16 Å². The van der Waals surface area contributed by atoms with Crippen LogP contribution in [0.1, 0.15) is 6.92 Å². The average molecular weight is 188 g/mol. The Morgan fingerprint density at radius 3 is 2.42 bits per heavy atom. The molecule has 0 spiro atoms. The van der Waals surface area contributed by atoms with Crippen molar-refractivity contribution in [1.29, 1.82) is 0 Å². The van der Waals surface area contributed by atoms with Gasteiger partial charge in [-0.1, -0.05) is 6.08 Å². The summed E-state index contributed by atoms with van der Waals surface area (Å²) < 4.78 is 9.98. The van der Waals surface area contributed by atoms with Crippen LogP contribution in [0.25, 0.3) is 0 Å². The first-order valence-corrected chi connectivity index (χ1v) is 7.31. The maximum Gasteiger partial charge on any atom is 0.330 e. The molecule has 0 fully saturated rings. The van der Waals surface area contributed by atoms with Gasteiger partial charge in [0.15, 0.2) is 6.61 Å². The SMILES string of the molecule is CC=COCC(=O)O[Si](C)(C)C. The van der Waals surface area contributed by atoms with E-state index >= 15 is 0 Å². The highest BCUT2D eigenvalue weighted by Crippen LogP contribution is 2.02. The molecule has 0 amide bonds. The smallest absolute Gasteiger partial charge is 0.330 e. The molecule has 0 radical (unpaired) electrons. The molecule has 0 heterocycles. The molecule has 0 aliphatic heterocycles. The first kappa shape index (κ1) is 11.2. The lowest BCUT2D eigenvalue weighted by Crippen LogP contribution is -2.30. The van der Waals surface area contributed by atoms with Crippen molar-refractivity contribution in [2.45, 2.75) is 26.6 Å². The second-order valence-corrected chi connectivity index (χ2v) is 7.80. The first-order chi connectivity index (χ1) is 5.45. The molecule has 0 aliphatic carbocycles. The van der Waals surface area contributed by atoms with Gasteiger partial charge >= 0.3 is 5.97 Å². The minimum absolute atomic E-state index is 0.00854.